The Hall–Kier alpha value is -2.64. The van der Waals surface area contributed by atoms with Crippen LogP contribution in [0.3, 0.4) is 0 Å². The summed E-state index contributed by atoms with van der Waals surface area (Å²) >= 11 is 1.44. The maximum atomic E-state index is 11.7. The zero-order chi connectivity index (χ0) is 13.8. The van der Waals surface area contributed by atoms with E-state index in [-0.39, 0.29) is 5.91 Å². The van der Waals surface area contributed by atoms with Gasteiger partial charge in [-0.1, -0.05) is 47.6 Å². The van der Waals surface area contributed by atoms with Gasteiger partial charge in [0.15, 0.2) is 5.13 Å². The normalized spacial score (nSPS) is 9.80. The van der Waals surface area contributed by atoms with E-state index < -0.39 is 0 Å². The van der Waals surface area contributed by atoms with Crippen molar-refractivity contribution in [2.75, 3.05) is 5.32 Å². The number of amides is 1. The Morgan fingerprint density at radius 1 is 1.05 bits per heavy atom. The summed E-state index contributed by atoms with van der Waals surface area (Å²) < 4.78 is 1.04. The van der Waals surface area contributed by atoms with Gasteiger partial charge in [0.05, 0.1) is 10.2 Å². The van der Waals surface area contributed by atoms with Crippen LogP contribution in [-0.2, 0) is 4.79 Å². The Morgan fingerprint density at radius 3 is 2.60 bits per heavy atom. The van der Waals surface area contributed by atoms with Crippen LogP contribution in [0, 0.1) is 11.8 Å². The average Bonchev–Trinajstić information content (AvgIpc) is 2.88. The SMILES string of the molecule is O=C(C#Cc1ccccc1)Nc1nc2ccccc2s1. The molecule has 1 amide bonds. The number of nitrogens with zero attached hydrogens (tertiary/aromatic N) is 1. The second-order valence-electron chi connectivity index (χ2n) is 4.06. The van der Waals surface area contributed by atoms with Crippen LogP contribution < -0.4 is 5.32 Å². The summed E-state index contributed by atoms with van der Waals surface area (Å²) in [6.45, 7) is 0. The fourth-order valence-corrected chi connectivity index (χ4v) is 2.57. The first-order valence-corrected chi connectivity index (χ1v) is 6.86. The van der Waals surface area contributed by atoms with Crippen LogP contribution in [0.15, 0.2) is 54.6 Å². The highest BCUT2D eigenvalue weighted by Crippen LogP contribution is 2.25. The van der Waals surface area contributed by atoms with Gasteiger partial charge in [-0.3, -0.25) is 10.1 Å². The number of carbonyl (C=O) groups excluding carboxylic acids is 1. The van der Waals surface area contributed by atoms with Crippen LogP contribution in [0.2, 0.25) is 0 Å². The molecule has 0 aliphatic rings. The summed E-state index contributed by atoms with van der Waals surface area (Å²) in [5.41, 5.74) is 1.69. The third kappa shape index (κ3) is 2.85. The maximum absolute atomic E-state index is 11.7. The number of rotatable bonds is 1. The van der Waals surface area contributed by atoms with Gasteiger partial charge in [0.1, 0.15) is 0 Å². The van der Waals surface area contributed by atoms with Gasteiger partial charge in [0.25, 0.3) is 0 Å². The molecule has 1 aromatic heterocycles. The van der Waals surface area contributed by atoms with E-state index in [0.29, 0.717) is 5.13 Å². The molecule has 4 heteroatoms. The number of hydrogen-bond donors (Lipinski definition) is 1. The summed E-state index contributed by atoms with van der Waals surface area (Å²) in [6, 6.07) is 17.1. The number of para-hydroxylation sites is 1. The van der Waals surface area contributed by atoms with Gasteiger partial charge >= 0.3 is 5.91 Å². The van der Waals surface area contributed by atoms with E-state index in [1.807, 2.05) is 54.6 Å². The summed E-state index contributed by atoms with van der Waals surface area (Å²) in [5.74, 6) is 5.02. The molecule has 0 atom stereocenters. The first-order chi connectivity index (χ1) is 9.81. The fourth-order valence-electron chi connectivity index (χ4n) is 1.70. The molecular weight excluding hydrogens is 268 g/mol. The predicted octanol–water partition coefficient (Wildman–Crippen LogP) is 3.29. The van der Waals surface area contributed by atoms with Gasteiger partial charge in [-0.25, -0.2) is 4.98 Å². The molecule has 96 valence electrons. The van der Waals surface area contributed by atoms with E-state index in [1.165, 1.54) is 11.3 Å². The zero-order valence-corrected chi connectivity index (χ0v) is 11.3. The third-order valence-corrected chi connectivity index (χ3v) is 3.56. The largest absolute Gasteiger partial charge is 0.302 e. The van der Waals surface area contributed by atoms with Crippen molar-refractivity contribution < 1.29 is 4.79 Å². The number of thiazole rings is 1. The molecule has 0 unspecified atom stereocenters. The van der Waals surface area contributed by atoms with Crippen molar-refractivity contribution in [3.8, 4) is 11.8 Å². The van der Waals surface area contributed by atoms with Crippen molar-refractivity contribution in [3.63, 3.8) is 0 Å². The molecular formula is C16H10N2OS. The minimum Gasteiger partial charge on any atom is -0.291 e. The first kappa shape index (κ1) is 12.4. The number of aromatic nitrogens is 1. The standard InChI is InChI=1S/C16H10N2OS/c19-15(11-10-12-6-2-1-3-7-12)18-16-17-13-8-4-5-9-14(13)20-16/h1-9H,(H,17,18,19). The van der Waals surface area contributed by atoms with Crippen molar-refractivity contribution in [1.82, 2.24) is 4.98 Å². The van der Waals surface area contributed by atoms with Gasteiger partial charge in [-0.2, -0.15) is 0 Å². The fraction of sp³-hybridized carbons (Fsp3) is 0. The van der Waals surface area contributed by atoms with E-state index in [4.69, 9.17) is 0 Å². The summed E-state index contributed by atoms with van der Waals surface area (Å²) in [7, 11) is 0. The quantitative estimate of drug-likeness (QED) is 0.694. The Morgan fingerprint density at radius 2 is 1.80 bits per heavy atom. The van der Waals surface area contributed by atoms with Crippen molar-refractivity contribution in [1.29, 1.82) is 0 Å². The molecule has 0 saturated heterocycles. The highest BCUT2D eigenvalue weighted by molar-refractivity contribution is 7.22. The number of benzene rings is 2. The van der Waals surface area contributed by atoms with Gasteiger partial charge in [0, 0.05) is 11.5 Å². The lowest BCUT2D eigenvalue weighted by molar-refractivity contribution is -0.111. The van der Waals surface area contributed by atoms with E-state index in [2.05, 4.69) is 22.1 Å². The molecule has 0 radical (unpaired) electrons. The molecule has 0 spiro atoms. The minimum absolute atomic E-state index is 0.354. The highest BCUT2D eigenvalue weighted by Gasteiger charge is 2.04. The van der Waals surface area contributed by atoms with Gasteiger partial charge in [-0.05, 0) is 24.3 Å². The lowest BCUT2D eigenvalue weighted by atomic mass is 10.2. The second kappa shape index (κ2) is 5.55. The van der Waals surface area contributed by atoms with Crippen LogP contribution in [0.5, 0.6) is 0 Å². The molecule has 2 aromatic carbocycles. The van der Waals surface area contributed by atoms with Crippen molar-refractivity contribution in [3.05, 3.63) is 60.2 Å². The van der Waals surface area contributed by atoms with Crippen LogP contribution >= 0.6 is 11.3 Å². The summed E-state index contributed by atoms with van der Waals surface area (Å²) in [4.78, 5) is 16.1. The molecule has 3 aromatic rings. The molecule has 20 heavy (non-hydrogen) atoms. The molecule has 1 heterocycles. The number of fused-ring (bicyclic) bond motifs is 1. The molecule has 3 rings (SSSR count). The van der Waals surface area contributed by atoms with E-state index in [0.717, 1.165) is 15.8 Å². The Labute approximate surface area is 120 Å². The maximum Gasteiger partial charge on any atom is 0.302 e. The van der Waals surface area contributed by atoms with Crippen molar-refractivity contribution in [2.45, 2.75) is 0 Å². The molecule has 0 saturated carbocycles. The lowest BCUT2D eigenvalue weighted by Gasteiger charge is -1.92. The van der Waals surface area contributed by atoms with Crippen LogP contribution in [0.25, 0.3) is 10.2 Å². The highest BCUT2D eigenvalue weighted by atomic mass is 32.1. The predicted molar refractivity (Wildman–Crippen MR) is 81.6 cm³/mol. The minimum atomic E-state index is -0.354. The molecule has 1 N–H and O–H groups in total. The number of nitrogens with one attached hydrogen (secondary N) is 1. The van der Waals surface area contributed by atoms with Crippen LogP contribution in [0.1, 0.15) is 5.56 Å². The van der Waals surface area contributed by atoms with Crippen LogP contribution in [-0.4, -0.2) is 10.9 Å². The number of carbonyl (C=O) groups is 1. The van der Waals surface area contributed by atoms with E-state index in [9.17, 15) is 4.79 Å². The second-order valence-corrected chi connectivity index (χ2v) is 5.09. The molecule has 0 aliphatic carbocycles. The summed E-state index contributed by atoms with van der Waals surface area (Å²) in [5, 5.41) is 3.26. The van der Waals surface area contributed by atoms with E-state index in [1.54, 1.807) is 0 Å². The van der Waals surface area contributed by atoms with Crippen LogP contribution in [0.4, 0.5) is 5.13 Å². The Kier molecular flexibility index (Phi) is 3.44. The molecule has 0 fully saturated rings. The van der Waals surface area contributed by atoms with Gasteiger partial charge in [-0.15, -0.1) is 0 Å². The van der Waals surface area contributed by atoms with E-state index >= 15 is 0 Å². The van der Waals surface area contributed by atoms with Crippen molar-refractivity contribution >= 4 is 32.6 Å². The zero-order valence-electron chi connectivity index (χ0n) is 10.5. The molecule has 0 bridgehead atoms. The van der Waals surface area contributed by atoms with Gasteiger partial charge < -0.3 is 0 Å². The first-order valence-electron chi connectivity index (χ1n) is 6.05. The van der Waals surface area contributed by atoms with Crippen molar-refractivity contribution in [2.24, 2.45) is 0 Å². The smallest absolute Gasteiger partial charge is 0.291 e. The monoisotopic (exact) mass is 278 g/mol. The third-order valence-electron chi connectivity index (χ3n) is 2.61. The summed E-state index contributed by atoms with van der Waals surface area (Å²) in [6.07, 6.45) is 0. The Balaban J connectivity index is 1.75. The molecule has 3 nitrogen and oxygen atoms in total. The number of hydrogen-bond acceptors (Lipinski definition) is 3. The lowest BCUT2D eigenvalue weighted by Crippen LogP contribution is -2.07. The molecule has 0 aliphatic heterocycles. The number of anilines is 1. The Bertz CT molecular complexity index is 779. The average molecular weight is 278 g/mol. The van der Waals surface area contributed by atoms with Gasteiger partial charge in [0.2, 0.25) is 0 Å². The topological polar surface area (TPSA) is 42.0 Å².